The number of nitrogens with zero attached hydrogens (tertiary/aromatic N) is 2. The number of hydrogen-bond acceptors (Lipinski definition) is 10. The molecule has 1 aromatic carbocycles. The Labute approximate surface area is 311 Å². The number of fused-ring (bicyclic) bond motifs is 3. The Morgan fingerprint density at radius 1 is 1.00 bits per heavy atom. The standard InChI is InChI=1S/C37H53N5O10S/c1-5-24-19-37(24,33(45)40-53(48,49)26-14-15-26)39-31(43)28-18-25-21-42(28)32(44)30(36(2,3)4)38-34(46)51-17-10-8-6-7-9-16-50-29-13-11-12-23-20-41(22-27(23)29)35(47)52-25/h11-13,24-26,28,30H,5-10,14-22H2,1-4H3,(H,38,46)(H,39,43)(H,40,45)/t24-,25?,28-,30+,37-/m0/s1. The molecule has 2 aliphatic carbocycles. The highest BCUT2D eigenvalue weighted by atomic mass is 32.2. The molecular formula is C37H53N5O10S. The Hall–Kier alpha value is -4.08. The zero-order valence-electron chi connectivity index (χ0n) is 31.1. The van der Waals surface area contributed by atoms with E-state index < -0.39 is 74.3 Å². The van der Waals surface area contributed by atoms with E-state index in [-0.39, 0.29) is 38.5 Å². The van der Waals surface area contributed by atoms with Gasteiger partial charge in [-0.25, -0.2) is 18.0 Å². The van der Waals surface area contributed by atoms with Crippen LogP contribution in [0.25, 0.3) is 0 Å². The summed E-state index contributed by atoms with van der Waals surface area (Å²) in [6.07, 6.45) is 3.56. The van der Waals surface area contributed by atoms with Gasteiger partial charge in [-0.2, -0.15) is 0 Å². The van der Waals surface area contributed by atoms with E-state index in [1.807, 2.05) is 25.1 Å². The minimum absolute atomic E-state index is 0.0748. The predicted octanol–water partition coefficient (Wildman–Crippen LogP) is 3.49. The molecule has 5 amide bonds. The molecule has 292 valence electrons. The molecule has 4 bridgehead atoms. The van der Waals surface area contributed by atoms with Crippen molar-refractivity contribution >= 4 is 39.9 Å². The maximum absolute atomic E-state index is 14.4. The summed E-state index contributed by atoms with van der Waals surface area (Å²) in [5, 5.41) is 4.89. The highest BCUT2D eigenvalue weighted by Crippen LogP contribution is 2.47. The first-order valence-electron chi connectivity index (χ1n) is 18.9. The molecule has 16 heteroatoms. The molecule has 1 aromatic rings. The van der Waals surface area contributed by atoms with Crippen LogP contribution in [0.1, 0.15) is 103 Å². The van der Waals surface area contributed by atoms with E-state index in [2.05, 4.69) is 15.4 Å². The van der Waals surface area contributed by atoms with Gasteiger partial charge >= 0.3 is 12.2 Å². The molecule has 1 unspecified atom stereocenters. The number of sulfonamides is 1. The van der Waals surface area contributed by atoms with E-state index in [4.69, 9.17) is 14.2 Å². The smallest absolute Gasteiger partial charge is 0.410 e. The first-order chi connectivity index (χ1) is 25.1. The lowest BCUT2D eigenvalue weighted by Gasteiger charge is -2.35. The number of amides is 5. The minimum atomic E-state index is -3.88. The van der Waals surface area contributed by atoms with Crippen LogP contribution in [-0.4, -0.2) is 96.9 Å². The minimum Gasteiger partial charge on any atom is -0.493 e. The number of carbonyl (C=O) groups excluding carboxylic acids is 5. The summed E-state index contributed by atoms with van der Waals surface area (Å²) in [4.78, 5) is 71.6. The molecule has 5 atom stereocenters. The van der Waals surface area contributed by atoms with E-state index in [1.54, 1.807) is 25.7 Å². The SMILES string of the molecule is CC[C@H]1C[C@@]1(NC(=O)[C@@H]1CC2CN1C(=O)[C@H](C(C)(C)C)NC(=O)OCCCCCCCOc1cccc3c1CN(C3)C(=O)O2)C(=O)NS(=O)(=O)C1CC1. The molecular weight excluding hydrogens is 706 g/mol. The van der Waals surface area contributed by atoms with E-state index in [9.17, 15) is 32.4 Å². The summed E-state index contributed by atoms with van der Waals surface area (Å²) in [5.41, 5.74) is -0.423. The van der Waals surface area contributed by atoms with Crippen molar-refractivity contribution in [1.82, 2.24) is 25.2 Å². The highest BCUT2D eigenvalue weighted by Gasteiger charge is 2.62. The number of nitrogens with one attached hydrogen (secondary N) is 3. The second kappa shape index (κ2) is 15.3. The third-order valence-electron chi connectivity index (χ3n) is 11.0. The van der Waals surface area contributed by atoms with Crippen molar-refractivity contribution in [2.45, 2.75) is 134 Å². The third-order valence-corrected chi connectivity index (χ3v) is 12.8. The van der Waals surface area contributed by atoms with Gasteiger partial charge in [0.2, 0.25) is 21.8 Å². The summed E-state index contributed by atoms with van der Waals surface area (Å²) >= 11 is 0. The van der Waals surface area contributed by atoms with E-state index in [0.717, 1.165) is 42.6 Å². The van der Waals surface area contributed by atoms with Crippen molar-refractivity contribution in [3.63, 3.8) is 0 Å². The van der Waals surface area contributed by atoms with E-state index >= 15 is 0 Å². The van der Waals surface area contributed by atoms with Crippen molar-refractivity contribution in [2.24, 2.45) is 11.3 Å². The average molecular weight is 760 g/mol. The highest BCUT2D eigenvalue weighted by molar-refractivity contribution is 7.91. The molecule has 3 aliphatic heterocycles. The quantitative estimate of drug-likeness (QED) is 0.387. The van der Waals surface area contributed by atoms with Crippen molar-refractivity contribution in [3.8, 4) is 5.75 Å². The van der Waals surface area contributed by atoms with E-state index in [0.29, 0.717) is 38.8 Å². The van der Waals surface area contributed by atoms with Gasteiger partial charge in [-0.3, -0.25) is 24.0 Å². The fraction of sp³-hybridized carbons (Fsp3) is 0.703. The van der Waals surface area contributed by atoms with Gasteiger partial charge in [0.15, 0.2) is 0 Å². The average Bonchev–Trinajstić information content (AvgIpc) is 3.99. The van der Waals surface area contributed by atoms with Gasteiger partial charge in [-0.15, -0.1) is 0 Å². The molecule has 6 rings (SSSR count). The first-order valence-corrected chi connectivity index (χ1v) is 20.5. The molecule has 15 nitrogen and oxygen atoms in total. The Morgan fingerprint density at radius 2 is 1.70 bits per heavy atom. The van der Waals surface area contributed by atoms with Crippen LogP contribution in [0.4, 0.5) is 9.59 Å². The number of hydrogen-bond donors (Lipinski definition) is 3. The lowest BCUT2D eigenvalue weighted by Crippen LogP contribution is -2.60. The van der Waals surface area contributed by atoms with Crippen molar-refractivity contribution < 1.29 is 46.6 Å². The lowest BCUT2D eigenvalue weighted by molar-refractivity contribution is -0.143. The molecule has 5 aliphatic rings. The van der Waals surface area contributed by atoms with Gasteiger partial charge in [-0.05, 0) is 55.1 Å². The first kappa shape index (κ1) is 38.6. The number of rotatable bonds is 6. The number of carbonyl (C=O) groups is 5. The molecule has 0 radical (unpaired) electrons. The largest absolute Gasteiger partial charge is 0.493 e. The Bertz CT molecular complexity index is 1710. The maximum Gasteiger partial charge on any atom is 0.410 e. The van der Waals surface area contributed by atoms with Gasteiger partial charge in [0, 0.05) is 18.5 Å². The fourth-order valence-electron chi connectivity index (χ4n) is 7.60. The lowest BCUT2D eigenvalue weighted by atomic mass is 9.85. The zero-order chi connectivity index (χ0) is 38.1. The van der Waals surface area contributed by atoms with Crippen LogP contribution in [0, 0.1) is 11.3 Å². The fourth-order valence-corrected chi connectivity index (χ4v) is 8.96. The van der Waals surface area contributed by atoms with Gasteiger partial charge < -0.3 is 29.7 Å². The molecule has 0 spiro atoms. The number of ether oxygens (including phenoxy) is 3. The molecule has 2 saturated carbocycles. The van der Waals surface area contributed by atoms with Gasteiger partial charge in [0.05, 0.1) is 31.6 Å². The van der Waals surface area contributed by atoms with Gasteiger partial charge in [0.25, 0.3) is 5.91 Å². The van der Waals surface area contributed by atoms with Crippen molar-refractivity contribution in [2.75, 3.05) is 19.8 Å². The van der Waals surface area contributed by atoms with Crippen LogP contribution in [0.5, 0.6) is 5.75 Å². The normalized spacial score (nSPS) is 28.7. The van der Waals surface area contributed by atoms with Gasteiger partial charge in [0.1, 0.15) is 29.5 Å². The monoisotopic (exact) mass is 759 g/mol. The third kappa shape index (κ3) is 8.68. The second-order valence-electron chi connectivity index (χ2n) is 16.1. The van der Waals surface area contributed by atoms with Crippen molar-refractivity contribution in [1.29, 1.82) is 0 Å². The Kier molecular flexibility index (Phi) is 11.2. The Balaban J connectivity index is 1.25. The summed E-state index contributed by atoms with van der Waals surface area (Å²) in [6, 6.07) is 3.42. The zero-order valence-corrected chi connectivity index (χ0v) is 31.9. The summed E-state index contributed by atoms with van der Waals surface area (Å²) in [5.74, 6) is -1.65. The molecule has 1 saturated heterocycles. The number of cyclic esters (lactones) is 1. The van der Waals surface area contributed by atoms with Crippen LogP contribution in [0.3, 0.4) is 0 Å². The molecule has 53 heavy (non-hydrogen) atoms. The van der Waals surface area contributed by atoms with Crippen LogP contribution in [-0.2, 0) is 47.0 Å². The van der Waals surface area contributed by atoms with Gasteiger partial charge in [-0.1, -0.05) is 65.5 Å². The second-order valence-corrected chi connectivity index (χ2v) is 18.1. The molecule has 3 fully saturated rings. The summed E-state index contributed by atoms with van der Waals surface area (Å²) < 4.78 is 45.1. The Morgan fingerprint density at radius 3 is 2.36 bits per heavy atom. The molecule has 0 aromatic heterocycles. The molecule has 3 N–H and O–H groups in total. The number of benzene rings is 1. The van der Waals surface area contributed by atoms with Crippen LogP contribution < -0.4 is 20.1 Å². The van der Waals surface area contributed by atoms with Crippen LogP contribution in [0.2, 0.25) is 0 Å². The van der Waals surface area contributed by atoms with Crippen molar-refractivity contribution in [3.05, 3.63) is 29.3 Å². The maximum atomic E-state index is 14.4. The van der Waals surface area contributed by atoms with E-state index in [1.165, 1.54) is 4.90 Å². The number of alkyl carbamates (subject to hydrolysis) is 1. The predicted molar refractivity (Wildman–Crippen MR) is 192 cm³/mol. The van der Waals surface area contributed by atoms with Crippen LogP contribution >= 0.6 is 0 Å². The summed E-state index contributed by atoms with van der Waals surface area (Å²) in [6.45, 7) is 8.33. The topological polar surface area (TPSA) is 190 Å². The molecule has 3 heterocycles. The summed E-state index contributed by atoms with van der Waals surface area (Å²) in [7, 11) is -3.88. The van der Waals surface area contributed by atoms with Crippen LogP contribution in [0.15, 0.2) is 18.2 Å².